The lowest BCUT2D eigenvalue weighted by Crippen LogP contribution is -2.16. The Morgan fingerprint density at radius 3 is 2.43 bits per heavy atom. The van der Waals surface area contributed by atoms with Crippen LogP contribution in [0.15, 0.2) is 52.4 Å². The van der Waals surface area contributed by atoms with Crippen molar-refractivity contribution in [1.82, 2.24) is 4.57 Å². The maximum atomic E-state index is 12.6. The van der Waals surface area contributed by atoms with Crippen LogP contribution in [0.4, 0.5) is 0 Å². The molecule has 8 heteroatoms. The highest BCUT2D eigenvalue weighted by Gasteiger charge is 2.14. The molecule has 28 heavy (non-hydrogen) atoms. The summed E-state index contributed by atoms with van der Waals surface area (Å²) in [4.78, 5) is 17.7. The number of carbonyl (C=O) groups is 1. The molecule has 1 aromatic heterocycles. The lowest BCUT2D eigenvalue weighted by molar-refractivity contribution is 0.0997. The number of fused-ring (bicyclic) bond motifs is 1. The van der Waals surface area contributed by atoms with Gasteiger partial charge in [0.2, 0.25) is 0 Å². The van der Waals surface area contributed by atoms with Gasteiger partial charge in [-0.3, -0.25) is 4.79 Å². The SMILES string of the molecule is CCOc1cccc2sc(=NC(=O)c3ccc(S(=O)(=O)CC)cc3)n(CC)c12. The van der Waals surface area contributed by atoms with E-state index < -0.39 is 15.7 Å². The van der Waals surface area contributed by atoms with Crippen LogP contribution in [0.1, 0.15) is 31.1 Å². The number of hydrogen-bond donors (Lipinski definition) is 0. The van der Waals surface area contributed by atoms with Crippen molar-refractivity contribution in [3.05, 3.63) is 52.8 Å². The zero-order chi connectivity index (χ0) is 20.3. The van der Waals surface area contributed by atoms with Gasteiger partial charge in [0.15, 0.2) is 14.6 Å². The average molecular weight is 419 g/mol. The summed E-state index contributed by atoms with van der Waals surface area (Å²) in [7, 11) is -3.30. The Hall–Kier alpha value is -2.45. The summed E-state index contributed by atoms with van der Waals surface area (Å²) in [6, 6.07) is 11.7. The molecule has 0 N–H and O–H groups in total. The van der Waals surface area contributed by atoms with Crippen LogP contribution in [0.3, 0.4) is 0 Å². The molecular formula is C20H22N2O4S2. The van der Waals surface area contributed by atoms with Crippen molar-refractivity contribution in [2.24, 2.45) is 4.99 Å². The lowest BCUT2D eigenvalue weighted by atomic mass is 10.2. The topological polar surface area (TPSA) is 77.7 Å². The van der Waals surface area contributed by atoms with Crippen LogP contribution >= 0.6 is 11.3 Å². The minimum Gasteiger partial charge on any atom is -0.492 e. The smallest absolute Gasteiger partial charge is 0.279 e. The minimum absolute atomic E-state index is 0.0190. The molecular weight excluding hydrogens is 396 g/mol. The van der Waals surface area contributed by atoms with E-state index in [9.17, 15) is 13.2 Å². The summed E-state index contributed by atoms with van der Waals surface area (Å²) in [5.41, 5.74) is 1.27. The Balaban J connectivity index is 2.05. The van der Waals surface area contributed by atoms with Crippen LogP contribution in [0, 0.1) is 0 Å². The number of hydrogen-bond acceptors (Lipinski definition) is 5. The second-order valence-electron chi connectivity index (χ2n) is 6.01. The maximum absolute atomic E-state index is 12.6. The fraction of sp³-hybridized carbons (Fsp3) is 0.300. The number of para-hydroxylation sites is 1. The van der Waals surface area contributed by atoms with Gasteiger partial charge in [-0.1, -0.05) is 24.3 Å². The molecule has 0 saturated heterocycles. The quantitative estimate of drug-likeness (QED) is 0.612. The van der Waals surface area contributed by atoms with Gasteiger partial charge in [0.1, 0.15) is 11.3 Å². The average Bonchev–Trinajstić information content (AvgIpc) is 3.06. The Kier molecular flexibility index (Phi) is 6.00. The van der Waals surface area contributed by atoms with Gasteiger partial charge in [0.25, 0.3) is 5.91 Å². The first kappa shape index (κ1) is 20.3. The number of thiazole rings is 1. The second kappa shape index (κ2) is 8.28. The molecule has 1 heterocycles. The molecule has 3 aromatic rings. The van der Waals surface area contributed by atoms with Crippen molar-refractivity contribution in [1.29, 1.82) is 0 Å². The number of ether oxygens (including phenoxy) is 1. The molecule has 0 aliphatic carbocycles. The first-order chi connectivity index (χ1) is 13.4. The fourth-order valence-electron chi connectivity index (χ4n) is 2.87. The number of amides is 1. The summed E-state index contributed by atoms with van der Waals surface area (Å²) in [6.07, 6.45) is 0. The summed E-state index contributed by atoms with van der Waals surface area (Å²) >= 11 is 1.42. The molecule has 0 bridgehead atoms. The van der Waals surface area contributed by atoms with Crippen molar-refractivity contribution in [2.75, 3.05) is 12.4 Å². The van der Waals surface area contributed by atoms with Gasteiger partial charge in [-0.15, -0.1) is 0 Å². The monoisotopic (exact) mass is 418 g/mol. The van der Waals surface area contributed by atoms with E-state index in [1.54, 1.807) is 6.92 Å². The Morgan fingerprint density at radius 2 is 1.82 bits per heavy atom. The van der Waals surface area contributed by atoms with Crippen LogP contribution in [-0.4, -0.2) is 31.3 Å². The van der Waals surface area contributed by atoms with E-state index in [4.69, 9.17) is 4.74 Å². The number of benzene rings is 2. The number of rotatable bonds is 6. The van der Waals surface area contributed by atoms with E-state index in [1.807, 2.05) is 36.6 Å². The molecule has 0 aliphatic heterocycles. The van der Waals surface area contributed by atoms with Crippen molar-refractivity contribution >= 4 is 37.3 Å². The summed E-state index contributed by atoms with van der Waals surface area (Å²) < 4.78 is 32.5. The van der Waals surface area contributed by atoms with Gasteiger partial charge < -0.3 is 9.30 Å². The van der Waals surface area contributed by atoms with E-state index in [2.05, 4.69) is 4.99 Å². The highest BCUT2D eigenvalue weighted by atomic mass is 32.2. The largest absolute Gasteiger partial charge is 0.492 e. The first-order valence-electron chi connectivity index (χ1n) is 9.08. The van der Waals surface area contributed by atoms with Crippen LogP contribution < -0.4 is 9.54 Å². The molecule has 0 saturated carbocycles. The molecule has 1 amide bonds. The Labute approximate surface area is 168 Å². The molecule has 6 nitrogen and oxygen atoms in total. The molecule has 0 unspecified atom stereocenters. The first-order valence-corrected chi connectivity index (χ1v) is 11.5. The zero-order valence-electron chi connectivity index (χ0n) is 16.0. The van der Waals surface area contributed by atoms with Crippen LogP contribution in [0.2, 0.25) is 0 Å². The summed E-state index contributed by atoms with van der Waals surface area (Å²) in [5.74, 6) is 0.374. The molecule has 0 aliphatic rings. The maximum Gasteiger partial charge on any atom is 0.279 e. The van der Waals surface area contributed by atoms with E-state index >= 15 is 0 Å². The van der Waals surface area contributed by atoms with Crippen molar-refractivity contribution in [2.45, 2.75) is 32.2 Å². The highest BCUT2D eigenvalue weighted by Crippen LogP contribution is 2.27. The summed E-state index contributed by atoms with van der Waals surface area (Å²) in [6.45, 7) is 6.70. The van der Waals surface area contributed by atoms with Crippen molar-refractivity contribution < 1.29 is 17.9 Å². The molecule has 0 spiro atoms. The Bertz CT molecular complexity index is 1170. The van der Waals surface area contributed by atoms with Gasteiger partial charge in [0.05, 0.1) is 22.0 Å². The fourth-order valence-corrected chi connectivity index (χ4v) is 4.87. The van der Waals surface area contributed by atoms with E-state index in [-0.39, 0.29) is 10.6 Å². The molecule has 148 valence electrons. The van der Waals surface area contributed by atoms with Crippen molar-refractivity contribution in [3.8, 4) is 5.75 Å². The molecule has 2 aromatic carbocycles. The Morgan fingerprint density at radius 1 is 1.11 bits per heavy atom. The van der Waals surface area contributed by atoms with E-state index in [1.165, 1.54) is 35.6 Å². The number of aromatic nitrogens is 1. The zero-order valence-corrected chi connectivity index (χ0v) is 17.6. The van der Waals surface area contributed by atoms with Gasteiger partial charge in [0, 0.05) is 12.1 Å². The van der Waals surface area contributed by atoms with Crippen LogP contribution in [0.5, 0.6) is 5.75 Å². The minimum atomic E-state index is -3.30. The number of aryl methyl sites for hydroxylation is 1. The number of nitrogens with zero attached hydrogens (tertiary/aromatic N) is 2. The highest BCUT2D eigenvalue weighted by molar-refractivity contribution is 7.91. The predicted molar refractivity (Wildman–Crippen MR) is 111 cm³/mol. The third-order valence-corrected chi connectivity index (χ3v) is 7.11. The van der Waals surface area contributed by atoms with E-state index in [0.29, 0.717) is 23.5 Å². The molecule has 3 rings (SSSR count). The van der Waals surface area contributed by atoms with Crippen LogP contribution in [-0.2, 0) is 16.4 Å². The molecule has 0 radical (unpaired) electrons. The summed E-state index contributed by atoms with van der Waals surface area (Å²) in [5, 5.41) is 0. The molecule has 0 fully saturated rings. The normalized spacial score (nSPS) is 12.5. The van der Waals surface area contributed by atoms with Gasteiger partial charge in [-0.05, 0) is 50.2 Å². The van der Waals surface area contributed by atoms with Gasteiger partial charge in [-0.25, -0.2) is 8.42 Å². The third kappa shape index (κ3) is 3.88. The third-order valence-electron chi connectivity index (χ3n) is 4.32. The van der Waals surface area contributed by atoms with Crippen molar-refractivity contribution in [3.63, 3.8) is 0 Å². The molecule has 0 atom stereocenters. The number of sulfone groups is 1. The lowest BCUT2D eigenvalue weighted by Gasteiger charge is -2.07. The van der Waals surface area contributed by atoms with Crippen LogP contribution in [0.25, 0.3) is 10.2 Å². The number of carbonyl (C=O) groups excluding carboxylic acids is 1. The van der Waals surface area contributed by atoms with E-state index in [0.717, 1.165) is 16.0 Å². The standard InChI is InChI=1S/C20H22N2O4S2/c1-4-22-18-16(26-5-2)8-7-9-17(18)27-20(22)21-19(23)14-10-12-15(13-11-14)28(24,25)6-3/h7-13H,4-6H2,1-3H3. The predicted octanol–water partition coefficient (Wildman–Crippen LogP) is 3.66. The second-order valence-corrected chi connectivity index (χ2v) is 9.30. The van der Waals surface area contributed by atoms with Gasteiger partial charge in [-0.2, -0.15) is 4.99 Å². The van der Waals surface area contributed by atoms with Gasteiger partial charge >= 0.3 is 0 Å².